The normalized spacial score (nSPS) is 10.5. The maximum atomic E-state index is 11.3. The number of aliphatic carboxylic acids is 2. The fourth-order valence-corrected chi connectivity index (χ4v) is 2.47. The summed E-state index contributed by atoms with van der Waals surface area (Å²) in [5.74, 6) is -3.35. The van der Waals surface area contributed by atoms with E-state index < -0.39 is 31.1 Å². The summed E-state index contributed by atoms with van der Waals surface area (Å²) in [6.45, 7) is -1.13. The van der Waals surface area contributed by atoms with Crippen LogP contribution in [0.3, 0.4) is 0 Å². The van der Waals surface area contributed by atoms with Gasteiger partial charge in [0.05, 0.1) is 0 Å². The van der Waals surface area contributed by atoms with E-state index in [1.807, 2.05) is 0 Å². The third-order valence-corrected chi connectivity index (χ3v) is 3.70. The van der Waals surface area contributed by atoms with E-state index in [1.165, 1.54) is 0 Å². The molecule has 148 valence electrons. The number of carboxylic acids is 3. The van der Waals surface area contributed by atoms with Crippen LogP contribution >= 0.6 is 0 Å². The van der Waals surface area contributed by atoms with Gasteiger partial charge >= 0.3 is 17.9 Å². The summed E-state index contributed by atoms with van der Waals surface area (Å²) < 4.78 is 10.1. The minimum atomic E-state index is -1.31. The van der Waals surface area contributed by atoms with Gasteiger partial charge in [0.15, 0.2) is 24.7 Å². The predicted molar refractivity (Wildman–Crippen MR) is 98.2 cm³/mol. The first-order valence-corrected chi connectivity index (χ1v) is 8.17. The number of carboxylic acid groups (broad SMARTS) is 3. The summed E-state index contributed by atoms with van der Waals surface area (Å²) in [6, 6.07) is 11.1. The quantitative estimate of drug-likeness (QED) is 0.512. The number of carbonyl (C=O) groups is 3. The molecule has 10 nitrogen and oxygen atoms in total. The molecule has 10 heteroatoms. The van der Waals surface area contributed by atoms with E-state index in [4.69, 9.17) is 19.7 Å². The summed E-state index contributed by atoms with van der Waals surface area (Å²) in [7, 11) is 0. The molecule has 0 bridgehead atoms. The Labute approximate surface area is 163 Å². The Morgan fingerprint density at radius 3 is 2.14 bits per heavy atom. The number of hydrogen-bond donors (Lipinski definition) is 3. The lowest BCUT2D eigenvalue weighted by molar-refractivity contribution is -0.140. The molecule has 0 saturated heterocycles. The van der Waals surface area contributed by atoms with Crippen LogP contribution in [0.15, 0.2) is 42.5 Å². The van der Waals surface area contributed by atoms with Crippen LogP contribution in [-0.4, -0.2) is 56.4 Å². The van der Waals surface area contributed by atoms with Crippen molar-refractivity contribution in [3.8, 4) is 23.0 Å². The van der Waals surface area contributed by atoms with Crippen molar-refractivity contribution >= 4 is 28.7 Å². The molecule has 0 aliphatic heterocycles. The highest BCUT2D eigenvalue weighted by Gasteiger charge is 2.14. The number of fused-ring (bicyclic) bond motifs is 1. The molecule has 0 fully saturated rings. The number of rotatable bonds is 8. The molecule has 0 amide bonds. The minimum absolute atomic E-state index is 0.0541. The van der Waals surface area contributed by atoms with Crippen LogP contribution in [0.5, 0.6) is 11.6 Å². The first-order chi connectivity index (χ1) is 13.8. The molecule has 0 saturated carbocycles. The van der Waals surface area contributed by atoms with Gasteiger partial charge in [-0.3, -0.25) is 0 Å². The van der Waals surface area contributed by atoms with Crippen molar-refractivity contribution in [2.75, 3.05) is 13.2 Å². The number of hydrogen-bond acceptors (Lipinski definition) is 7. The van der Waals surface area contributed by atoms with Gasteiger partial charge in [-0.2, -0.15) is 4.98 Å². The number of nitrogens with zero attached hydrogens (tertiary/aromatic N) is 2. The molecule has 3 N–H and O–H groups in total. The average Bonchev–Trinajstić information content (AvgIpc) is 2.69. The van der Waals surface area contributed by atoms with Crippen molar-refractivity contribution in [1.29, 1.82) is 0 Å². The van der Waals surface area contributed by atoms with Crippen LogP contribution < -0.4 is 9.47 Å². The highest BCUT2D eigenvalue weighted by atomic mass is 16.5. The van der Waals surface area contributed by atoms with Crippen molar-refractivity contribution < 1.29 is 39.2 Å². The van der Waals surface area contributed by atoms with E-state index in [9.17, 15) is 19.5 Å². The van der Waals surface area contributed by atoms with Crippen LogP contribution in [0, 0.1) is 0 Å². The molecule has 3 aromatic rings. The minimum Gasteiger partial charge on any atom is -0.482 e. The Bertz CT molecular complexity index is 1110. The summed E-state index contributed by atoms with van der Waals surface area (Å²) in [5.41, 5.74) is 0.146. The zero-order valence-electron chi connectivity index (χ0n) is 14.7. The Hall–Kier alpha value is -4.21. The fraction of sp³-hybridized carbons (Fsp3) is 0.105. The first-order valence-electron chi connectivity index (χ1n) is 8.17. The molecular formula is C19H14N2O8. The standard InChI is InChI=1S/C19H14N2O8/c22-16(23)8-28-13-4-3-10-5-12(2-1-11(10)6-13)18-20-14(19(26)27)7-15(21-18)29-9-17(24)25/h1-7H,8-9H2,(H,22,23)(H,24,25)(H,26,27). The molecule has 0 aliphatic rings. The second-order valence-corrected chi connectivity index (χ2v) is 5.81. The zero-order valence-corrected chi connectivity index (χ0v) is 14.7. The van der Waals surface area contributed by atoms with Gasteiger partial charge < -0.3 is 24.8 Å². The zero-order chi connectivity index (χ0) is 21.0. The first kappa shape index (κ1) is 19.5. The Morgan fingerprint density at radius 2 is 1.45 bits per heavy atom. The van der Waals surface area contributed by atoms with E-state index in [-0.39, 0.29) is 17.4 Å². The highest BCUT2D eigenvalue weighted by Crippen LogP contribution is 2.27. The Morgan fingerprint density at radius 1 is 0.793 bits per heavy atom. The van der Waals surface area contributed by atoms with Crippen molar-refractivity contribution in [2.24, 2.45) is 0 Å². The van der Waals surface area contributed by atoms with Crippen molar-refractivity contribution in [3.05, 3.63) is 48.2 Å². The van der Waals surface area contributed by atoms with Crippen molar-refractivity contribution in [3.63, 3.8) is 0 Å². The fourth-order valence-electron chi connectivity index (χ4n) is 2.47. The second-order valence-electron chi connectivity index (χ2n) is 5.81. The maximum absolute atomic E-state index is 11.3. The molecule has 0 radical (unpaired) electrons. The molecule has 2 aromatic carbocycles. The van der Waals surface area contributed by atoms with Gasteiger partial charge in [-0.1, -0.05) is 18.2 Å². The second kappa shape index (κ2) is 8.21. The van der Waals surface area contributed by atoms with E-state index in [0.717, 1.165) is 16.8 Å². The van der Waals surface area contributed by atoms with Crippen LogP contribution in [0.25, 0.3) is 22.2 Å². The average molecular weight is 398 g/mol. The molecule has 0 spiro atoms. The smallest absolute Gasteiger partial charge is 0.354 e. The summed E-state index contributed by atoms with van der Waals surface area (Å²) in [6.07, 6.45) is 0. The lowest BCUT2D eigenvalue weighted by Crippen LogP contribution is -2.12. The predicted octanol–water partition coefficient (Wildman–Crippen LogP) is 1.92. The topological polar surface area (TPSA) is 156 Å². The van der Waals surface area contributed by atoms with Crippen molar-refractivity contribution in [1.82, 2.24) is 9.97 Å². The van der Waals surface area contributed by atoms with Gasteiger partial charge in [-0.25, -0.2) is 19.4 Å². The Kier molecular flexibility index (Phi) is 5.54. The SMILES string of the molecule is O=C(O)COc1ccc2cc(-c3nc(OCC(=O)O)cc(C(=O)O)n3)ccc2c1. The van der Waals surface area contributed by atoms with E-state index in [2.05, 4.69) is 9.97 Å². The number of ether oxygens (including phenoxy) is 2. The monoisotopic (exact) mass is 398 g/mol. The molecule has 1 heterocycles. The van der Waals surface area contributed by atoms with Gasteiger partial charge in [-0.05, 0) is 29.0 Å². The Balaban J connectivity index is 1.96. The van der Waals surface area contributed by atoms with Crippen LogP contribution in [0.4, 0.5) is 0 Å². The van der Waals surface area contributed by atoms with E-state index in [0.29, 0.717) is 11.3 Å². The van der Waals surface area contributed by atoms with E-state index in [1.54, 1.807) is 36.4 Å². The molecule has 0 atom stereocenters. The van der Waals surface area contributed by atoms with Gasteiger partial charge in [0, 0.05) is 11.6 Å². The summed E-state index contributed by atoms with van der Waals surface area (Å²) >= 11 is 0. The van der Waals surface area contributed by atoms with E-state index >= 15 is 0 Å². The third-order valence-electron chi connectivity index (χ3n) is 3.70. The highest BCUT2D eigenvalue weighted by molar-refractivity contribution is 5.89. The van der Waals surface area contributed by atoms with Gasteiger partial charge in [0.25, 0.3) is 0 Å². The largest absolute Gasteiger partial charge is 0.482 e. The van der Waals surface area contributed by atoms with Gasteiger partial charge in [0.2, 0.25) is 5.88 Å². The van der Waals surface area contributed by atoms with Crippen molar-refractivity contribution in [2.45, 2.75) is 0 Å². The molecule has 29 heavy (non-hydrogen) atoms. The number of benzene rings is 2. The molecule has 3 rings (SSSR count). The van der Waals surface area contributed by atoms with Crippen LogP contribution in [-0.2, 0) is 9.59 Å². The molecule has 0 aliphatic carbocycles. The van der Waals surface area contributed by atoms with Crippen LogP contribution in [0.1, 0.15) is 10.5 Å². The lowest BCUT2D eigenvalue weighted by atomic mass is 10.1. The van der Waals surface area contributed by atoms with Gasteiger partial charge in [-0.15, -0.1) is 0 Å². The van der Waals surface area contributed by atoms with Crippen LogP contribution in [0.2, 0.25) is 0 Å². The molecular weight excluding hydrogens is 384 g/mol. The van der Waals surface area contributed by atoms with Gasteiger partial charge in [0.1, 0.15) is 5.75 Å². The summed E-state index contributed by atoms with van der Waals surface area (Å²) in [5, 5.41) is 28.1. The summed E-state index contributed by atoms with van der Waals surface area (Å²) in [4.78, 5) is 40.7. The number of aromatic carboxylic acids is 1. The number of aromatic nitrogens is 2. The lowest BCUT2D eigenvalue weighted by Gasteiger charge is -2.09. The molecule has 1 aromatic heterocycles. The maximum Gasteiger partial charge on any atom is 0.354 e. The molecule has 0 unspecified atom stereocenters. The third kappa shape index (κ3) is 4.95.